The molecule has 2 heterocycles. The SMILES string of the molecule is Cc1cc(C)cc(NC(=O)C2CNOc3ccc(C=C4SC(=S)NC4=O)cc32)c1. The summed E-state index contributed by atoms with van der Waals surface area (Å²) in [5.41, 5.74) is 7.35. The number of thioether (sulfide) groups is 1. The van der Waals surface area contributed by atoms with Gasteiger partial charge in [-0.15, -0.1) is 0 Å². The maximum atomic E-state index is 13.0. The second-order valence-corrected chi connectivity index (χ2v) is 8.74. The first-order chi connectivity index (χ1) is 13.9. The number of benzene rings is 2. The van der Waals surface area contributed by atoms with Gasteiger partial charge in [0.2, 0.25) is 5.91 Å². The average molecular weight is 426 g/mol. The second-order valence-electron chi connectivity index (χ2n) is 7.02. The number of anilines is 1. The number of hydrogen-bond acceptors (Lipinski definition) is 6. The summed E-state index contributed by atoms with van der Waals surface area (Å²) in [6, 6.07) is 11.5. The second kappa shape index (κ2) is 7.98. The zero-order valence-corrected chi connectivity index (χ0v) is 17.5. The van der Waals surface area contributed by atoms with E-state index in [2.05, 4.69) is 22.2 Å². The van der Waals surface area contributed by atoms with Crippen LogP contribution in [-0.4, -0.2) is 22.7 Å². The highest BCUT2D eigenvalue weighted by Gasteiger charge is 2.29. The molecule has 2 aromatic carbocycles. The molecule has 8 heteroatoms. The third-order valence-corrected chi connectivity index (χ3v) is 5.79. The summed E-state index contributed by atoms with van der Waals surface area (Å²) < 4.78 is 0.442. The lowest BCUT2D eigenvalue weighted by atomic mass is 9.94. The summed E-state index contributed by atoms with van der Waals surface area (Å²) in [5.74, 6) is -0.159. The van der Waals surface area contributed by atoms with Gasteiger partial charge in [-0.25, -0.2) is 0 Å². The Hall–Kier alpha value is -2.68. The van der Waals surface area contributed by atoms with Crippen LogP contribution in [0.5, 0.6) is 5.75 Å². The number of hydroxylamine groups is 1. The van der Waals surface area contributed by atoms with Crippen molar-refractivity contribution in [3.63, 3.8) is 0 Å². The third-order valence-electron chi connectivity index (χ3n) is 4.62. The molecule has 2 aromatic rings. The molecule has 2 aliphatic rings. The molecular weight excluding hydrogens is 406 g/mol. The number of aryl methyl sites for hydroxylation is 2. The number of amides is 2. The number of carbonyl (C=O) groups excluding carboxylic acids is 2. The minimum absolute atomic E-state index is 0.119. The van der Waals surface area contributed by atoms with Crippen molar-refractivity contribution in [2.24, 2.45) is 0 Å². The van der Waals surface area contributed by atoms with E-state index >= 15 is 0 Å². The molecule has 0 bridgehead atoms. The fourth-order valence-electron chi connectivity index (χ4n) is 3.42. The van der Waals surface area contributed by atoms with Crippen molar-refractivity contribution in [2.45, 2.75) is 19.8 Å². The molecule has 6 nitrogen and oxygen atoms in total. The van der Waals surface area contributed by atoms with Gasteiger partial charge in [0, 0.05) is 17.8 Å². The molecule has 3 N–H and O–H groups in total. The molecule has 4 rings (SSSR count). The number of rotatable bonds is 3. The first kappa shape index (κ1) is 19.6. The van der Waals surface area contributed by atoms with Crippen LogP contribution in [0, 0.1) is 13.8 Å². The molecular formula is C21H19N3O3S2. The minimum atomic E-state index is -0.427. The van der Waals surface area contributed by atoms with Crippen LogP contribution in [0.1, 0.15) is 28.2 Å². The topological polar surface area (TPSA) is 79.5 Å². The van der Waals surface area contributed by atoms with Crippen LogP contribution in [0.15, 0.2) is 41.3 Å². The van der Waals surface area contributed by atoms with Crippen LogP contribution in [0.3, 0.4) is 0 Å². The van der Waals surface area contributed by atoms with Crippen LogP contribution >= 0.6 is 24.0 Å². The van der Waals surface area contributed by atoms with E-state index in [0.29, 0.717) is 21.5 Å². The van der Waals surface area contributed by atoms with Crippen LogP contribution in [0.25, 0.3) is 6.08 Å². The van der Waals surface area contributed by atoms with Crippen molar-refractivity contribution in [1.29, 1.82) is 0 Å². The van der Waals surface area contributed by atoms with Gasteiger partial charge in [-0.3, -0.25) is 9.59 Å². The smallest absolute Gasteiger partial charge is 0.263 e. The van der Waals surface area contributed by atoms with Gasteiger partial charge in [0.25, 0.3) is 5.91 Å². The Balaban J connectivity index is 1.61. The minimum Gasteiger partial charge on any atom is -0.408 e. The predicted molar refractivity (Wildman–Crippen MR) is 119 cm³/mol. The first-order valence-electron chi connectivity index (χ1n) is 9.07. The van der Waals surface area contributed by atoms with Gasteiger partial charge in [0.05, 0.1) is 10.8 Å². The third kappa shape index (κ3) is 4.34. The van der Waals surface area contributed by atoms with Crippen LogP contribution in [0.2, 0.25) is 0 Å². The maximum absolute atomic E-state index is 13.0. The fourth-order valence-corrected chi connectivity index (χ4v) is 4.46. The molecule has 2 amide bonds. The number of carbonyl (C=O) groups is 2. The summed E-state index contributed by atoms with van der Waals surface area (Å²) in [5, 5.41) is 5.61. The molecule has 1 atom stereocenters. The van der Waals surface area contributed by atoms with Crippen LogP contribution in [-0.2, 0) is 9.59 Å². The number of nitrogens with one attached hydrogen (secondary N) is 3. The highest BCUT2D eigenvalue weighted by Crippen LogP contribution is 2.33. The van der Waals surface area contributed by atoms with E-state index in [4.69, 9.17) is 17.1 Å². The average Bonchev–Trinajstić information content (AvgIpc) is 2.97. The summed E-state index contributed by atoms with van der Waals surface area (Å²) >= 11 is 6.26. The largest absolute Gasteiger partial charge is 0.408 e. The number of thiocarbonyl (C=S) groups is 1. The Morgan fingerprint density at radius 3 is 2.69 bits per heavy atom. The standard InChI is InChI=1S/C21H19N3O3S2/c1-11-5-12(2)7-14(6-11)23-19(25)16-10-22-27-17-4-3-13(8-15(16)17)9-18-20(26)24-21(28)29-18/h3-9,16,22H,10H2,1-2H3,(H,23,25)(H,24,26,28). The first-order valence-corrected chi connectivity index (χ1v) is 10.3. The molecule has 148 valence electrons. The molecule has 2 aliphatic heterocycles. The van der Waals surface area contributed by atoms with Gasteiger partial charge >= 0.3 is 0 Å². The summed E-state index contributed by atoms with van der Waals surface area (Å²) in [6.07, 6.45) is 1.76. The van der Waals surface area contributed by atoms with Gasteiger partial charge in [0.15, 0.2) is 5.75 Å². The van der Waals surface area contributed by atoms with E-state index in [9.17, 15) is 9.59 Å². The molecule has 0 aromatic heterocycles. The van der Waals surface area contributed by atoms with Gasteiger partial charge in [-0.1, -0.05) is 36.1 Å². The molecule has 0 radical (unpaired) electrons. The Kier molecular flexibility index (Phi) is 5.40. The van der Waals surface area contributed by atoms with Gasteiger partial charge in [-0.05, 0) is 60.9 Å². The summed E-state index contributed by atoms with van der Waals surface area (Å²) in [4.78, 5) is 30.9. The predicted octanol–water partition coefficient (Wildman–Crippen LogP) is 3.41. The Labute approximate surface area is 178 Å². The zero-order chi connectivity index (χ0) is 20.5. The molecule has 1 fully saturated rings. The molecule has 0 aliphatic carbocycles. The van der Waals surface area contributed by atoms with Crippen molar-refractivity contribution in [3.05, 3.63) is 63.6 Å². The number of fused-ring (bicyclic) bond motifs is 1. The van der Waals surface area contributed by atoms with Crippen LogP contribution < -0.4 is 21.0 Å². The van der Waals surface area contributed by atoms with E-state index in [-0.39, 0.29) is 11.8 Å². The molecule has 29 heavy (non-hydrogen) atoms. The van der Waals surface area contributed by atoms with Gasteiger partial charge in [-0.2, -0.15) is 5.48 Å². The van der Waals surface area contributed by atoms with E-state index in [1.54, 1.807) is 12.1 Å². The van der Waals surface area contributed by atoms with E-state index in [0.717, 1.165) is 27.9 Å². The molecule has 1 unspecified atom stereocenters. The molecule has 0 spiro atoms. The summed E-state index contributed by atoms with van der Waals surface area (Å²) in [6.45, 7) is 4.34. The normalized spacial score (nSPS) is 19.5. The van der Waals surface area contributed by atoms with Gasteiger partial charge in [0.1, 0.15) is 4.32 Å². The Morgan fingerprint density at radius 2 is 2.00 bits per heavy atom. The van der Waals surface area contributed by atoms with Crippen molar-refractivity contribution in [2.75, 3.05) is 11.9 Å². The van der Waals surface area contributed by atoms with Crippen molar-refractivity contribution in [3.8, 4) is 5.75 Å². The lowest BCUT2D eigenvalue weighted by Crippen LogP contribution is -2.37. The van der Waals surface area contributed by atoms with Crippen molar-refractivity contribution < 1.29 is 14.4 Å². The highest BCUT2D eigenvalue weighted by molar-refractivity contribution is 8.26. The highest BCUT2D eigenvalue weighted by atomic mass is 32.2. The van der Waals surface area contributed by atoms with Crippen molar-refractivity contribution in [1.82, 2.24) is 10.8 Å². The van der Waals surface area contributed by atoms with Crippen molar-refractivity contribution >= 4 is 51.9 Å². The van der Waals surface area contributed by atoms with Crippen LogP contribution in [0.4, 0.5) is 5.69 Å². The van der Waals surface area contributed by atoms with E-state index in [1.165, 1.54) is 11.8 Å². The monoisotopic (exact) mass is 425 g/mol. The van der Waals surface area contributed by atoms with E-state index < -0.39 is 5.92 Å². The molecule has 0 saturated carbocycles. The number of hydrogen-bond donors (Lipinski definition) is 3. The fraction of sp³-hybridized carbons (Fsp3) is 0.190. The lowest BCUT2D eigenvalue weighted by molar-refractivity contribution is -0.118. The molecule has 1 saturated heterocycles. The van der Waals surface area contributed by atoms with Gasteiger partial charge < -0.3 is 15.5 Å². The zero-order valence-electron chi connectivity index (χ0n) is 15.9. The van der Waals surface area contributed by atoms with E-state index in [1.807, 2.05) is 38.1 Å². The maximum Gasteiger partial charge on any atom is 0.263 e. The quantitative estimate of drug-likeness (QED) is 0.517. The lowest BCUT2D eigenvalue weighted by Gasteiger charge is -2.26. The Morgan fingerprint density at radius 1 is 1.24 bits per heavy atom. The summed E-state index contributed by atoms with van der Waals surface area (Å²) in [7, 11) is 0. The Bertz CT molecular complexity index is 1040.